The van der Waals surface area contributed by atoms with E-state index in [0.717, 1.165) is 39.1 Å². The van der Waals surface area contributed by atoms with E-state index in [9.17, 15) is 4.79 Å². The van der Waals surface area contributed by atoms with Crippen LogP contribution in [0, 0.1) is 0 Å². The summed E-state index contributed by atoms with van der Waals surface area (Å²) >= 11 is 1.80. The molecule has 1 saturated heterocycles. The van der Waals surface area contributed by atoms with Crippen molar-refractivity contribution in [2.24, 2.45) is 0 Å². The van der Waals surface area contributed by atoms with Gasteiger partial charge in [0.1, 0.15) is 0 Å². The topological polar surface area (TPSA) is 44.8 Å². The fourth-order valence-corrected chi connectivity index (χ4v) is 3.29. The molecule has 1 atom stereocenters. The Kier molecular flexibility index (Phi) is 6.48. The van der Waals surface area contributed by atoms with Gasteiger partial charge in [-0.25, -0.2) is 4.79 Å². The van der Waals surface area contributed by atoms with Crippen LogP contribution in [0.15, 0.2) is 17.5 Å². The Hall–Kier alpha value is -1.11. The first-order valence-electron chi connectivity index (χ1n) is 7.48. The van der Waals surface area contributed by atoms with Gasteiger partial charge in [0.2, 0.25) is 0 Å². The molecule has 0 unspecified atom stereocenters. The van der Waals surface area contributed by atoms with Crippen molar-refractivity contribution in [3.63, 3.8) is 0 Å². The zero-order chi connectivity index (χ0) is 15.1. The van der Waals surface area contributed by atoms with Crippen molar-refractivity contribution < 1.29 is 9.53 Å². The van der Waals surface area contributed by atoms with Gasteiger partial charge < -0.3 is 15.0 Å². The maximum Gasteiger partial charge on any atom is 0.317 e. The molecule has 118 valence electrons. The van der Waals surface area contributed by atoms with E-state index in [2.05, 4.69) is 27.7 Å². The van der Waals surface area contributed by atoms with Gasteiger partial charge in [0.05, 0.1) is 12.6 Å². The van der Waals surface area contributed by atoms with E-state index in [1.165, 1.54) is 4.88 Å². The van der Waals surface area contributed by atoms with Crippen molar-refractivity contribution >= 4 is 17.4 Å². The second kappa shape index (κ2) is 8.36. The summed E-state index contributed by atoms with van der Waals surface area (Å²) in [7, 11) is 1.65. The number of carbonyl (C=O) groups is 1. The SMILES string of the molecule is COC[C@H](C)NC(=O)N1CCCN(Cc2cccs2)CC1. The lowest BCUT2D eigenvalue weighted by Crippen LogP contribution is -2.46. The lowest BCUT2D eigenvalue weighted by molar-refractivity contribution is 0.159. The molecule has 0 bridgehead atoms. The van der Waals surface area contributed by atoms with Crippen LogP contribution < -0.4 is 5.32 Å². The van der Waals surface area contributed by atoms with Gasteiger partial charge in [-0.15, -0.1) is 11.3 Å². The minimum Gasteiger partial charge on any atom is -0.383 e. The van der Waals surface area contributed by atoms with E-state index in [0.29, 0.717) is 6.61 Å². The number of methoxy groups -OCH3 is 1. The number of amides is 2. The molecule has 2 amide bonds. The molecule has 0 aliphatic carbocycles. The number of rotatable bonds is 5. The molecule has 1 aliphatic rings. The lowest BCUT2D eigenvalue weighted by Gasteiger charge is -2.24. The standard InChI is InChI=1S/C15H25N3O2S/c1-13(12-20-2)16-15(19)18-7-4-6-17(8-9-18)11-14-5-3-10-21-14/h3,5,10,13H,4,6-9,11-12H2,1-2H3,(H,16,19)/t13-/m0/s1. The quantitative estimate of drug-likeness (QED) is 0.904. The Labute approximate surface area is 130 Å². The van der Waals surface area contributed by atoms with Crippen LogP contribution in [-0.2, 0) is 11.3 Å². The van der Waals surface area contributed by atoms with Crippen molar-refractivity contribution in [3.8, 4) is 0 Å². The van der Waals surface area contributed by atoms with E-state index in [1.807, 2.05) is 11.8 Å². The van der Waals surface area contributed by atoms with E-state index in [4.69, 9.17) is 4.74 Å². The molecule has 1 aromatic rings. The summed E-state index contributed by atoms with van der Waals surface area (Å²) in [5, 5.41) is 5.10. The Morgan fingerprint density at radius 2 is 2.29 bits per heavy atom. The van der Waals surface area contributed by atoms with Crippen LogP contribution in [0.5, 0.6) is 0 Å². The van der Waals surface area contributed by atoms with Crippen LogP contribution in [0.2, 0.25) is 0 Å². The van der Waals surface area contributed by atoms with Crippen molar-refractivity contribution in [3.05, 3.63) is 22.4 Å². The van der Waals surface area contributed by atoms with Gasteiger partial charge in [-0.3, -0.25) is 4.90 Å². The van der Waals surface area contributed by atoms with Crippen LogP contribution in [0.4, 0.5) is 4.79 Å². The highest BCUT2D eigenvalue weighted by molar-refractivity contribution is 7.09. The van der Waals surface area contributed by atoms with Gasteiger partial charge >= 0.3 is 6.03 Å². The van der Waals surface area contributed by atoms with Gasteiger partial charge in [-0.2, -0.15) is 0 Å². The first kappa shape index (κ1) is 16.3. The average Bonchev–Trinajstić information content (AvgIpc) is 2.83. The fourth-order valence-electron chi connectivity index (χ4n) is 2.55. The predicted molar refractivity (Wildman–Crippen MR) is 85.7 cm³/mol. The van der Waals surface area contributed by atoms with Crippen molar-refractivity contribution in [1.82, 2.24) is 15.1 Å². The second-order valence-corrected chi connectivity index (χ2v) is 6.53. The Bertz CT molecular complexity index is 425. The summed E-state index contributed by atoms with van der Waals surface area (Å²) < 4.78 is 5.05. The number of thiophene rings is 1. The third-order valence-electron chi connectivity index (χ3n) is 3.62. The highest BCUT2D eigenvalue weighted by Gasteiger charge is 2.20. The molecule has 1 aliphatic heterocycles. The first-order valence-corrected chi connectivity index (χ1v) is 8.36. The summed E-state index contributed by atoms with van der Waals surface area (Å²) in [6.45, 7) is 7.10. The molecule has 0 spiro atoms. The molecule has 1 fully saturated rings. The number of ether oxygens (including phenoxy) is 1. The molecule has 1 N–H and O–H groups in total. The van der Waals surface area contributed by atoms with Crippen molar-refractivity contribution in [2.75, 3.05) is 39.9 Å². The minimum atomic E-state index is 0.0255. The van der Waals surface area contributed by atoms with E-state index in [-0.39, 0.29) is 12.1 Å². The van der Waals surface area contributed by atoms with Crippen LogP contribution >= 0.6 is 11.3 Å². The molecular weight excluding hydrogens is 286 g/mol. The number of urea groups is 1. The van der Waals surface area contributed by atoms with Crippen molar-refractivity contribution in [2.45, 2.75) is 25.9 Å². The van der Waals surface area contributed by atoms with Gasteiger partial charge in [-0.05, 0) is 24.8 Å². The third kappa shape index (κ3) is 5.30. The molecule has 0 radical (unpaired) electrons. The third-order valence-corrected chi connectivity index (χ3v) is 4.48. The predicted octanol–water partition coefficient (Wildman–Crippen LogP) is 2.00. The number of hydrogen-bond acceptors (Lipinski definition) is 4. The molecule has 1 aromatic heterocycles. The first-order chi connectivity index (χ1) is 10.2. The minimum absolute atomic E-state index is 0.0255. The zero-order valence-corrected chi connectivity index (χ0v) is 13.7. The summed E-state index contributed by atoms with van der Waals surface area (Å²) in [5.74, 6) is 0. The van der Waals surface area contributed by atoms with Gasteiger partial charge in [-0.1, -0.05) is 6.07 Å². The fraction of sp³-hybridized carbons (Fsp3) is 0.667. The monoisotopic (exact) mass is 311 g/mol. The van der Waals surface area contributed by atoms with Crippen LogP contribution in [0.3, 0.4) is 0 Å². The highest BCUT2D eigenvalue weighted by atomic mass is 32.1. The normalized spacial score (nSPS) is 18.3. The molecule has 5 nitrogen and oxygen atoms in total. The largest absolute Gasteiger partial charge is 0.383 e. The smallest absolute Gasteiger partial charge is 0.317 e. The zero-order valence-electron chi connectivity index (χ0n) is 12.9. The second-order valence-electron chi connectivity index (χ2n) is 5.50. The molecule has 0 aromatic carbocycles. The summed E-state index contributed by atoms with van der Waals surface area (Å²) in [4.78, 5) is 17.9. The Morgan fingerprint density at radius 3 is 3.00 bits per heavy atom. The van der Waals surface area contributed by atoms with Crippen LogP contribution in [-0.4, -0.2) is 61.8 Å². The maximum absolute atomic E-state index is 12.2. The van der Waals surface area contributed by atoms with E-state index >= 15 is 0 Å². The molecular formula is C15H25N3O2S. The van der Waals surface area contributed by atoms with Crippen LogP contribution in [0.1, 0.15) is 18.2 Å². The summed E-state index contributed by atoms with van der Waals surface area (Å²) in [6, 6.07) is 4.34. The van der Waals surface area contributed by atoms with E-state index < -0.39 is 0 Å². The molecule has 0 saturated carbocycles. The van der Waals surface area contributed by atoms with E-state index in [1.54, 1.807) is 18.4 Å². The molecule has 6 heteroatoms. The number of nitrogens with one attached hydrogen (secondary N) is 1. The molecule has 2 heterocycles. The summed E-state index contributed by atoms with van der Waals surface area (Å²) in [6.07, 6.45) is 1.03. The average molecular weight is 311 g/mol. The Morgan fingerprint density at radius 1 is 1.43 bits per heavy atom. The number of carbonyl (C=O) groups excluding carboxylic acids is 1. The van der Waals surface area contributed by atoms with Gasteiger partial charge in [0.15, 0.2) is 0 Å². The van der Waals surface area contributed by atoms with Gasteiger partial charge in [0.25, 0.3) is 0 Å². The van der Waals surface area contributed by atoms with Crippen LogP contribution in [0.25, 0.3) is 0 Å². The molecule has 21 heavy (non-hydrogen) atoms. The number of hydrogen-bond donors (Lipinski definition) is 1. The highest BCUT2D eigenvalue weighted by Crippen LogP contribution is 2.13. The van der Waals surface area contributed by atoms with Crippen molar-refractivity contribution in [1.29, 1.82) is 0 Å². The maximum atomic E-state index is 12.2. The Balaban J connectivity index is 1.78. The molecule has 2 rings (SSSR count). The summed E-state index contributed by atoms with van der Waals surface area (Å²) in [5.41, 5.74) is 0. The number of nitrogens with zero attached hydrogens (tertiary/aromatic N) is 2. The van der Waals surface area contributed by atoms with Gasteiger partial charge in [0, 0.05) is 44.7 Å². The lowest BCUT2D eigenvalue weighted by atomic mass is 10.3.